The van der Waals surface area contributed by atoms with Crippen molar-refractivity contribution in [3.05, 3.63) is 36.0 Å². The SMILES string of the molecule is C=C(/C=C(\C)C(=O)N1CCC(/C=C/C(C)=O)C1)C(C)C.CCC.[HH]. The summed E-state index contributed by atoms with van der Waals surface area (Å²) in [4.78, 5) is 25.1. The molecule has 1 saturated heterocycles. The third-order valence-corrected chi connectivity index (χ3v) is 3.60. The molecule has 0 bridgehead atoms. The van der Waals surface area contributed by atoms with Crippen molar-refractivity contribution in [1.29, 1.82) is 0 Å². The zero-order valence-electron chi connectivity index (χ0n) is 15.7. The lowest BCUT2D eigenvalue weighted by Gasteiger charge is -2.17. The van der Waals surface area contributed by atoms with Gasteiger partial charge in [-0.05, 0) is 38.2 Å². The van der Waals surface area contributed by atoms with Crippen LogP contribution in [0.15, 0.2) is 36.0 Å². The minimum absolute atomic E-state index is 0. The molecule has 0 N–H and O–H groups in total. The molecule has 1 atom stereocenters. The average Bonchev–Trinajstić information content (AvgIpc) is 2.93. The van der Waals surface area contributed by atoms with Crippen molar-refractivity contribution in [3.63, 3.8) is 0 Å². The van der Waals surface area contributed by atoms with E-state index in [-0.39, 0.29) is 13.1 Å². The Kier molecular flexibility index (Phi) is 10.2. The van der Waals surface area contributed by atoms with E-state index in [1.54, 1.807) is 13.0 Å². The zero-order valence-corrected chi connectivity index (χ0v) is 15.7. The summed E-state index contributed by atoms with van der Waals surface area (Å²) in [5, 5.41) is 0. The molecule has 132 valence electrons. The summed E-state index contributed by atoms with van der Waals surface area (Å²) in [6.07, 6.45) is 7.57. The van der Waals surface area contributed by atoms with Crippen LogP contribution in [0.3, 0.4) is 0 Å². The molecule has 0 saturated carbocycles. The molecule has 1 unspecified atom stereocenters. The van der Waals surface area contributed by atoms with E-state index in [0.717, 1.165) is 24.1 Å². The van der Waals surface area contributed by atoms with Gasteiger partial charge < -0.3 is 4.90 Å². The van der Waals surface area contributed by atoms with E-state index in [9.17, 15) is 9.59 Å². The minimum Gasteiger partial charge on any atom is -0.338 e. The predicted molar refractivity (Wildman–Crippen MR) is 100 cm³/mol. The molecule has 0 radical (unpaired) electrons. The van der Waals surface area contributed by atoms with E-state index in [4.69, 9.17) is 0 Å². The fraction of sp³-hybridized carbons (Fsp3) is 0.600. The molecular weight excluding hydrogens is 286 g/mol. The van der Waals surface area contributed by atoms with E-state index < -0.39 is 0 Å². The molecule has 1 heterocycles. The summed E-state index contributed by atoms with van der Waals surface area (Å²) in [6, 6.07) is 0. The van der Waals surface area contributed by atoms with Crippen LogP contribution in [0.25, 0.3) is 0 Å². The first kappa shape index (κ1) is 21.4. The van der Waals surface area contributed by atoms with E-state index in [1.807, 2.05) is 24.0 Å². The summed E-state index contributed by atoms with van der Waals surface area (Å²) in [5.41, 5.74) is 1.71. The van der Waals surface area contributed by atoms with Gasteiger partial charge in [0.25, 0.3) is 0 Å². The Hall–Kier alpha value is -1.64. The van der Waals surface area contributed by atoms with Crippen LogP contribution in [0.1, 0.15) is 55.8 Å². The third kappa shape index (κ3) is 8.53. The van der Waals surface area contributed by atoms with Gasteiger partial charge in [-0.3, -0.25) is 9.59 Å². The molecule has 3 nitrogen and oxygen atoms in total. The second-order valence-corrected chi connectivity index (χ2v) is 6.53. The number of ketones is 1. The van der Waals surface area contributed by atoms with Crippen molar-refractivity contribution in [2.24, 2.45) is 11.8 Å². The molecule has 3 heteroatoms. The molecule has 1 rings (SSSR count). The molecule has 0 spiro atoms. The van der Waals surface area contributed by atoms with E-state index in [1.165, 1.54) is 6.42 Å². The lowest BCUT2D eigenvalue weighted by molar-refractivity contribution is -0.126. The summed E-state index contributed by atoms with van der Waals surface area (Å²) in [7, 11) is 0. The van der Waals surface area contributed by atoms with Crippen molar-refractivity contribution in [2.75, 3.05) is 13.1 Å². The first-order valence-electron chi connectivity index (χ1n) is 8.57. The fourth-order valence-corrected chi connectivity index (χ4v) is 2.16. The Balaban J connectivity index is 0. The van der Waals surface area contributed by atoms with Crippen LogP contribution in [0.4, 0.5) is 0 Å². The first-order chi connectivity index (χ1) is 10.7. The standard InChI is InChI=1S/C17H25NO2.C3H8.H2/c1-12(2)13(3)10-14(4)17(20)18-9-8-16(11-18)7-6-15(5)19;1-3-2;/h6-7,10,12,16H,3,8-9,11H2,1-2,4-5H3;3H2,1-2H3;1H/b7-6+,14-10+;;. The Labute approximate surface area is 143 Å². The number of carbonyl (C=O) groups is 2. The monoisotopic (exact) mass is 321 g/mol. The highest BCUT2D eigenvalue weighted by Crippen LogP contribution is 2.20. The molecule has 23 heavy (non-hydrogen) atoms. The van der Waals surface area contributed by atoms with Crippen molar-refractivity contribution in [1.82, 2.24) is 4.90 Å². The van der Waals surface area contributed by atoms with Crippen molar-refractivity contribution in [2.45, 2.75) is 54.4 Å². The lowest BCUT2D eigenvalue weighted by Crippen LogP contribution is -2.29. The van der Waals surface area contributed by atoms with Crippen LogP contribution in [-0.4, -0.2) is 29.7 Å². The minimum atomic E-state index is 0. The Morgan fingerprint density at radius 1 is 1.30 bits per heavy atom. The smallest absolute Gasteiger partial charge is 0.249 e. The number of rotatable bonds is 5. The van der Waals surface area contributed by atoms with Gasteiger partial charge in [0.1, 0.15) is 0 Å². The Morgan fingerprint density at radius 3 is 2.35 bits per heavy atom. The highest BCUT2D eigenvalue weighted by atomic mass is 16.2. The summed E-state index contributed by atoms with van der Waals surface area (Å²) in [5.74, 6) is 0.774. The zero-order chi connectivity index (χ0) is 18.0. The second kappa shape index (κ2) is 11.0. The number of hydrogen-bond acceptors (Lipinski definition) is 2. The number of allylic oxidation sites excluding steroid dienone is 3. The van der Waals surface area contributed by atoms with Gasteiger partial charge in [0.15, 0.2) is 5.78 Å². The highest BCUT2D eigenvalue weighted by Gasteiger charge is 2.25. The van der Waals surface area contributed by atoms with Crippen LogP contribution >= 0.6 is 0 Å². The van der Waals surface area contributed by atoms with Crippen molar-refractivity contribution < 1.29 is 11.0 Å². The fourth-order valence-electron chi connectivity index (χ4n) is 2.16. The lowest BCUT2D eigenvalue weighted by atomic mass is 10.0. The van der Waals surface area contributed by atoms with E-state index in [2.05, 4.69) is 34.3 Å². The quantitative estimate of drug-likeness (QED) is 0.539. The van der Waals surface area contributed by atoms with Crippen LogP contribution in [0.2, 0.25) is 0 Å². The van der Waals surface area contributed by atoms with Crippen LogP contribution in [0.5, 0.6) is 0 Å². The Morgan fingerprint density at radius 2 is 1.87 bits per heavy atom. The van der Waals surface area contributed by atoms with Gasteiger partial charge in [-0.1, -0.05) is 58.4 Å². The van der Waals surface area contributed by atoms with Gasteiger partial charge in [0.2, 0.25) is 5.91 Å². The Bertz CT molecular complexity index is 478. The van der Waals surface area contributed by atoms with Crippen LogP contribution in [-0.2, 0) is 9.59 Å². The summed E-state index contributed by atoms with van der Waals surface area (Å²) < 4.78 is 0. The highest BCUT2D eigenvalue weighted by molar-refractivity contribution is 5.93. The molecule has 1 fully saturated rings. The number of amides is 1. The topological polar surface area (TPSA) is 37.4 Å². The number of carbonyl (C=O) groups excluding carboxylic acids is 2. The number of nitrogens with zero attached hydrogens (tertiary/aromatic N) is 1. The number of likely N-dealkylation sites (tertiary alicyclic amines) is 1. The van der Waals surface area contributed by atoms with Gasteiger partial charge >= 0.3 is 0 Å². The molecule has 0 aromatic heterocycles. The third-order valence-electron chi connectivity index (χ3n) is 3.60. The van der Waals surface area contributed by atoms with Crippen molar-refractivity contribution in [3.8, 4) is 0 Å². The van der Waals surface area contributed by atoms with E-state index >= 15 is 0 Å². The number of hydrogen-bond donors (Lipinski definition) is 0. The molecular formula is C20H35NO2. The average molecular weight is 322 g/mol. The molecule has 1 aliphatic heterocycles. The largest absolute Gasteiger partial charge is 0.338 e. The molecule has 0 aromatic carbocycles. The summed E-state index contributed by atoms with van der Waals surface area (Å²) in [6.45, 7) is 17.2. The molecule has 0 aliphatic carbocycles. The molecule has 1 aliphatic rings. The van der Waals surface area contributed by atoms with Gasteiger partial charge in [-0.25, -0.2) is 0 Å². The molecule has 1 amide bonds. The van der Waals surface area contributed by atoms with Crippen LogP contribution < -0.4 is 0 Å². The maximum absolute atomic E-state index is 12.3. The van der Waals surface area contributed by atoms with Gasteiger partial charge in [-0.2, -0.15) is 0 Å². The summed E-state index contributed by atoms with van der Waals surface area (Å²) >= 11 is 0. The predicted octanol–water partition coefficient (Wildman–Crippen LogP) is 4.80. The van der Waals surface area contributed by atoms with Gasteiger partial charge in [0, 0.05) is 20.1 Å². The normalized spacial score (nSPS) is 18.1. The first-order valence-corrected chi connectivity index (χ1v) is 8.57. The maximum Gasteiger partial charge on any atom is 0.249 e. The molecule has 0 aromatic rings. The maximum atomic E-state index is 12.3. The van der Waals surface area contributed by atoms with Gasteiger partial charge in [0.05, 0.1) is 0 Å². The van der Waals surface area contributed by atoms with E-state index in [0.29, 0.717) is 18.4 Å². The van der Waals surface area contributed by atoms with Crippen molar-refractivity contribution >= 4 is 11.7 Å². The van der Waals surface area contributed by atoms with Gasteiger partial charge in [-0.15, -0.1) is 0 Å². The second-order valence-electron chi connectivity index (χ2n) is 6.53. The van der Waals surface area contributed by atoms with Crippen LogP contribution in [0, 0.1) is 11.8 Å².